The van der Waals surface area contributed by atoms with E-state index in [-0.39, 0.29) is 0 Å². The largest absolute Gasteiger partial charge is 0.497 e. The molecule has 0 radical (unpaired) electrons. The molecule has 128 valence electrons. The van der Waals surface area contributed by atoms with E-state index in [0.717, 1.165) is 34.3 Å². The van der Waals surface area contributed by atoms with E-state index >= 15 is 0 Å². The molecule has 0 aliphatic carbocycles. The summed E-state index contributed by atoms with van der Waals surface area (Å²) < 4.78 is 13.0. The number of para-hydroxylation sites is 2. The number of hydrogen-bond acceptors (Lipinski definition) is 3. The van der Waals surface area contributed by atoms with Gasteiger partial charge in [-0.1, -0.05) is 12.1 Å². The fraction of sp³-hybridized carbons (Fsp3) is 0.190. The third-order valence-electron chi connectivity index (χ3n) is 3.94. The van der Waals surface area contributed by atoms with E-state index in [9.17, 15) is 0 Å². The number of benzene rings is 2. The molecule has 2 aromatic carbocycles. The predicted octanol–water partition coefficient (Wildman–Crippen LogP) is 4.94. The standard InChI is InChI=1S/C21H22N2O2/c1-4-25-21-8-6-5-7-20(21)22-15-18-10-9-16(2)23(18)17-11-13-19(24-3)14-12-17/h5-15H,4H2,1-3H3. The summed E-state index contributed by atoms with van der Waals surface area (Å²) >= 11 is 0. The van der Waals surface area contributed by atoms with E-state index in [2.05, 4.69) is 28.6 Å². The van der Waals surface area contributed by atoms with Crippen molar-refractivity contribution in [1.82, 2.24) is 4.57 Å². The number of nitrogens with zero attached hydrogens (tertiary/aromatic N) is 2. The topological polar surface area (TPSA) is 35.8 Å². The van der Waals surface area contributed by atoms with Crippen molar-refractivity contribution in [3.63, 3.8) is 0 Å². The van der Waals surface area contributed by atoms with Crippen molar-refractivity contribution in [1.29, 1.82) is 0 Å². The molecule has 1 heterocycles. The minimum atomic E-state index is 0.619. The molecule has 0 saturated carbocycles. The third-order valence-corrected chi connectivity index (χ3v) is 3.94. The van der Waals surface area contributed by atoms with Crippen LogP contribution in [-0.4, -0.2) is 24.5 Å². The normalized spacial score (nSPS) is 11.0. The SMILES string of the molecule is CCOc1ccccc1N=Cc1ccc(C)n1-c1ccc(OC)cc1. The minimum Gasteiger partial charge on any atom is -0.497 e. The molecule has 4 heteroatoms. The van der Waals surface area contributed by atoms with Crippen LogP contribution in [-0.2, 0) is 0 Å². The molecule has 3 rings (SSSR count). The zero-order valence-corrected chi connectivity index (χ0v) is 14.8. The Kier molecular flexibility index (Phi) is 5.19. The fourth-order valence-corrected chi connectivity index (χ4v) is 2.72. The zero-order chi connectivity index (χ0) is 17.6. The van der Waals surface area contributed by atoms with Crippen molar-refractivity contribution in [2.45, 2.75) is 13.8 Å². The van der Waals surface area contributed by atoms with E-state index in [0.29, 0.717) is 6.61 Å². The summed E-state index contributed by atoms with van der Waals surface area (Å²) in [4.78, 5) is 4.63. The number of aromatic nitrogens is 1. The molecular weight excluding hydrogens is 312 g/mol. The maximum Gasteiger partial charge on any atom is 0.144 e. The highest BCUT2D eigenvalue weighted by molar-refractivity contribution is 5.82. The van der Waals surface area contributed by atoms with Crippen LogP contribution in [0.5, 0.6) is 11.5 Å². The molecule has 0 N–H and O–H groups in total. The fourth-order valence-electron chi connectivity index (χ4n) is 2.72. The van der Waals surface area contributed by atoms with Gasteiger partial charge in [0.05, 0.1) is 25.6 Å². The van der Waals surface area contributed by atoms with E-state index in [1.807, 2.05) is 61.7 Å². The van der Waals surface area contributed by atoms with Gasteiger partial charge < -0.3 is 14.0 Å². The Hall–Kier alpha value is -3.01. The average molecular weight is 334 g/mol. The minimum absolute atomic E-state index is 0.619. The second kappa shape index (κ2) is 7.71. The van der Waals surface area contributed by atoms with Crippen LogP contribution in [0.25, 0.3) is 5.69 Å². The van der Waals surface area contributed by atoms with Crippen LogP contribution in [0.4, 0.5) is 5.69 Å². The van der Waals surface area contributed by atoms with Gasteiger partial charge in [0.15, 0.2) is 0 Å². The van der Waals surface area contributed by atoms with Crippen LogP contribution in [0.2, 0.25) is 0 Å². The van der Waals surface area contributed by atoms with Crippen molar-refractivity contribution in [3.05, 3.63) is 72.1 Å². The molecule has 25 heavy (non-hydrogen) atoms. The smallest absolute Gasteiger partial charge is 0.144 e. The molecule has 0 fully saturated rings. The third kappa shape index (κ3) is 3.74. The van der Waals surface area contributed by atoms with Gasteiger partial charge in [0, 0.05) is 11.4 Å². The Morgan fingerprint density at radius 2 is 1.76 bits per heavy atom. The highest BCUT2D eigenvalue weighted by Crippen LogP contribution is 2.27. The molecule has 1 aromatic heterocycles. The first-order chi connectivity index (χ1) is 12.2. The van der Waals surface area contributed by atoms with Crippen molar-refractivity contribution in [2.24, 2.45) is 4.99 Å². The summed E-state index contributed by atoms with van der Waals surface area (Å²) in [5.74, 6) is 1.63. The van der Waals surface area contributed by atoms with E-state index < -0.39 is 0 Å². The summed E-state index contributed by atoms with van der Waals surface area (Å²) in [6.07, 6.45) is 1.87. The zero-order valence-electron chi connectivity index (χ0n) is 14.8. The Morgan fingerprint density at radius 3 is 2.48 bits per heavy atom. The Bertz CT molecular complexity index is 864. The molecule has 0 atom stereocenters. The number of hydrogen-bond donors (Lipinski definition) is 0. The number of methoxy groups -OCH3 is 1. The molecule has 3 aromatic rings. The van der Waals surface area contributed by atoms with Gasteiger partial charge in [-0.3, -0.25) is 4.99 Å². The lowest BCUT2D eigenvalue weighted by atomic mass is 10.3. The van der Waals surface area contributed by atoms with Crippen LogP contribution in [0, 0.1) is 6.92 Å². The van der Waals surface area contributed by atoms with Crippen molar-refractivity contribution in [3.8, 4) is 17.2 Å². The molecule has 0 bridgehead atoms. The molecule has 0 spiro atoms. The number of rotatable bonds is 6. The molecule has 0 unspecified atom stereocenters. The van der Waals surface area contributed by atoms with E-state index in [1.165, 1.54) is 0 Å². The van der Waals surface area contributed by atoms with Gasteiger partial charge in [-0.05, 0) is 62.4 Å². The Labute approximate surface area is 148 Å². The van der Waals surface area contributed by atoms with Gasteiger partial charge in [0.2, 0.25) is 0 Å². The second-order valence-corrected chi connectivity index (χ2v) is 5.59. The van der Waals surface area contributed by atoms with Gasteiger partial charge in [-0.2, -0.15) is 0 Å². The first-order valence-electron chi connectivity index (χ1n) is 8.31. The summed E-state index contributed by atoms with van der Waals surface area (Å²) in [5.41, 5.74) is 4.05. The highest BCUT2D eigenvalue weighted by atomic mass is 16.5. The number of aliphatic imine (C=N–C) groups is 1. The quantitative estimate of drug-likeness (QED) is 0.598. The predicted molar refractivity (Wildman–Crippen MR) is 102 cm³/mol. The van der Waals surface area contributed by atoms with Crippen LogP contribution < -0.4 is 9.47 Å². The lowest BCUT2D eigenvalue weighted by Gasteiger charge is -2.10. The lowest BCUT2D eigenvalue weighted by molar-refractivity contribution is 0.341. The van der Waals surface area contributed by atoms with Gasteiger partial charge in [0.1, 0.15) is 17.2 Å². The maximum atomic E-state index is 5.64. The summed E-state index contributed by atoms with van der Waals surface area (Å²) in [6, 6.07) is 19.9. The van der Waals surface area contributed by atoms with Crippen molar-refractivity contribution in [2.75, 3.05) is 13.7 Å². The van der Waals surface area contributed by atoms with Gasteiger partial charge in [-0.15, -0.1) is 0 Å². The van der Waals surface area contributed by atoms with Crippen molar-refractivity contribution >= 4 is 11.9 Å². The first kappa shape index (κ1) is 16.8. The number of aryl methyl sites for hydroxylation is 1. The van der Waals surface area contributed by atoms with Gasteiger partial charge in [-0.25, -0.2) is 0 Å². The maximum absolute atomic E-state index is 5.64. The van der Waals surface area contributed by atoms with E-state index in [1.54, 1.807) is 7.11 Å². The van der Waals surface area contributed by atoms with Gasteiger partial charge >= 0.3 is 0 Å². The second-order valence-electron chi connectivity index (χ2n) is 5.59. The lowest BCUT2D eigenvalue weighted by Crippen LogP contribution is -2.01. The average Bonchev–Trinajstić information content (AvgIpc) is 3.02. The van der Waals surface area contributed by atoms with E-state index in [4.69, 9.17) is 9.47 Å². The van der Waals surface area contributed by atoms with Crippen LogP contribution in [0.3, 0.4) is 0 Å². The van der Waals surface area contributed by atoms with Crippen LogP contribution in [0.1, 0.15) is 18.3 Å². The van der Waals surface area contributed by atoms with Gasteiger partial charge in [0.25, 0.3) is 0 Å². The van der Waals surface area contributed by atoms with Crippen LogP contribution in [0.15, 0.2) is 65.7 Å². The van der Waals surface area contributed by atoms with Crippen molar-refractivity contribution < 1.29 is 9.47 Å². The summed E-state index contributed by atoms with van der Waals surface area (Å²) in [7, 11) is 1.67. The molecule has 0 saturated heterocycles. The first-order valence-corrected chi connectivity index (χ1v) is 8.31. The van der Waals surface area contributed by atoms with Crippen LogP contribution >= 0.6 is 0 Å². The molecule has 0 amide bonds. The molecule has 0 aliphatic heterocycles. The molecular formula is C21H22N2O2. The number of ether oxygens (including phenoxy) is 2. The summed E-state index contributed by atoms with van der Waals surface area (Å²) in [6.45, 7) is 4.67. The monoisotopic (exact) mass is 334 g/mol. The Balaban J connectivity index is 1.94. The highest BCUT2D eigenvalue weighted by Gasteiger charge is 2.07. The summed E-state index contributed by atoms with van der Waals surface area (Å²) in [5, 5.41) is 0. The molecule has 0 aliphatic rings. The Morgan fingerprint density at radius 1 is 1.00 bits per heavy atom. The molecule has 4 nitrogen and oxygen atoms in total.